The van der Waals surface area contributed by atoms with Crippen LogP contribution < -0.4 is 26.6 Å². The van der Waals surface area contributed by atoms with E-state index in [9.17, 15) is 43.8 Å². The van der Waals surface area contributed by atoms with Crippen LogP contribution in [0.5, 0.6) is 11.5 Å². The highest BCUT2D eigenvalue weighted by atomic mass is 16.6. The van der Waals surface area contributed by atoms with Crippen LogP contribution in [0.3, 0.4) is 0 Å². The van der Waals surface area contributed by atoms with Crippen molar-refractivity contribution in [1.29, 1.82) is 0 Å². The molecule has 336 valence electrons. The summed E-state index contributed by atoms with van der Waals surface area (Å²) in [4.78, 5) is 94.0. The molecule has 2 aromatic carbocycles. The van der Waals surface area contributed by atoms with Crippen molar-refractivity contribution in [2.75, 3.05) is 27.2 Å². The van der Waals surface area contributed by atoms with Gasteiger partial charge in [-0.15, -0.1) is 0 Å². The third-order valence-electron chi connectivity index (χ3n) is 10.1. The van der Waals surface area contributed by atoms with Gasteiger partial charge in [-0.2, -0.15) is 0 Å². The van der Waals surface area contributed by atoms with Gasteiger partial charge in [0.1, 0.15) is 41.3 Å². The normalized spacial score (nSPS) is 17.1. The van der Waals surface area contributed by atoms with Crippen molar-refractivity contribution in [3.8, 4) is 22.6 Å². The highest BCUT2D eigenvalue weighted by Crippen LogP contribution is 2.39. The Labute approximate surface area is 358 Å². The van der Waals surface area contributed by atoms with Crippen LogP contribution in [0.25, 0.3) is 11.1 Å². The molecule has 1 aliphatic heterocycles. The molecule has 6 amide bonds. The SMILES string of the molecule is CCCCCCCC(=O)NCCC(=O)NC(CCCCNC(=O)OC(C)(C)C)C(=O)N(C)C1C(=O)NC(C)C(=O)NC(C(=O)OC)Cc2ccc(O)c(c2)-c2cc1ccc2O. The number of likely N-dealkylation sites (N-methyl/N-ethyl adjacent to an activating group) is 1. The van der Waals surface area contributed by atoms with Gasteiger partial charge in [-0.05, 0) is 88.8 Å². The molecule has 1 heterocycles. The molecule has 1 aliphatic rings. The molecular weight excluding hydrogens is 789 g/mol. The summed E-state index contributed by atoms with van der Waals surface area (Å²) < 4.78 is 10.2. The number of alkyl carbamates (subject to hydrolysis) is 1. The van der Waals surface area contributed by atoms with E-state index in [0.29, 0.717) is 24.8 Å². The topological polar surface area (TPSA) is 242 Å². The number of methoxy groups -OCH3 is 1. The number of nitrogens with one attached hydrogen (secondary N) is 5. The van der Waals surface area contributed by atoms with E-state index in [-0.39, 0.29) is 66.4 Å². The van der Waals surface area contributed by atoms with E-state index in [0.717, 1.165) is 37.0 Å². The van der Waals surface area contributed by atoms with E-state index in [1.807, 2.05) is 0 Å². The number of ether oxygens (including phenoxy) is 2. The van der Waals surface area contributed by atoms with Crippen molar-refractivity contribution in [2.45, 2.75) is 135 Å². The van der Waals surface area contributed by atoms with Crippen LogP contribution in [0, 0.1) is 0 Å². The van der Waals surface area contributed by atoms with Crippen molar-refractivity contribution in [3.63, 3.8) is 0 Å². The standard InChI is InChI=1S/C44H64N6O11/c1-8-9-10-11-12-16-36(53)45-23-21-37(54)48-32(15-13-14-22-46-43(59)61-44(3,4)5)41(57)50(6)38-29-18-20-35(52)31(26-29)30-24-28(17-19-34(30)51)25-33(42(58)60-7)49-39(55)27(2)47-40(38)56/h17-20,24,26-27,32-33,38,51-52H,8-16,21-23,25H2,1-7H3,(H,45,53)(H,46,59)(H,47,56)(H,48,54)(H,49,55). The summed E-state index contributed by atoms with van der Waals surface area (Å²) in [6.45, 7) is 9.00. The highest BCUT2D eigenvalue weighted by Gasteiger charge is 2.36. The molecule has 0 radical (unpaired) electrons. The van der Waals surface area contributed by atoms with Gasteiger partial charge in [0.05, 0.1) is 7.11 Å². The van der Waals surface area contributed by atoms with E-state index in [1.165, 1.54) is 51.4 Å². The van der Waals surface area contributed by atoms with Crippen molar-refractivity contribution in [1.82, 2.24) is 31.5 Å². The average Bonchev–Trinajstić information content (AvgIpc) is 3.19. The number of unbranched alkanes of at least 4 members (excludes halogenated alkanes) is 5. The molecule has 3 rings (SSSR count). The lowest BCUT2D eigenvalue weighted by molar-refractivity contribution is -0.145. The summed E-state index contributed by atoms with van der Waals surface area (Å²) in [7, 11) is 2.53. The van der Waals surface area contributed by atoms with Crippen molar-refractivity contribution >= 4 is 41.6 Å². The summed E-state index contributed by atoms with van der Waals surface area (Å²) in [6.07, 6.45) is 5.35. The van der Waals surface area contributed by atoms with E-state index < -0.39 is 65.5 Å². The predicted molar refractivity (Wildman–Crippen MR) is 227 cm³/mol. The van der Waals surface area contributed by atoms with Crippen molar-refractivity contribution in [3.05, 3.63) is 47.5 Å². The second-order valence-electron chi connectivity index (χ2n) is 16.3. The maximum Gasteiger partial charge on any atom is 0.407 e. The molecule has 4 atom stereocenters. The van der Waals surface area contributed by atoms with Gasteiger partial charge in [0, 0.05) is 50.5 Å². The number of aromatic hydroxyl groups is 2. The minimum Gasteiger partial charge on any atom is -0.507 e. The number of fused-ring (bicyclic) bond motifs is 5. The first-order chi connectivity index (χ1) is 28.8. The van der Waals surface area contributed by atoms with Crippen molar-refractivity contribution in [2.24, 2.45) is 0 Å². The number of esters is 1. The van der Waals surface area contributed by atoms with Crippen LogP contribution in [0.2, 0.25) is 0 Å². The predicted octanol–water partition coefficient (Wildman–Crippen LogP) is 4.03. The van der Waals surface area contributed by atoms with Crippen LogP contribution in [-0.2, 0) is 44.7 Å². The number of carbonyl (C=O) groups excluding carboxylic acids is 7. The van der Waals surface area contributed by atoms with E-state index in [1.54, 1.807) is 26.8 Å². The zero-order chi connectivity index (χ0) is 45.3. The number of hydrogen-bond donors (Lipinski definition) is 7. The fourth-order valence-electron chi connectivity index (χ4n) is 6.81. The number of benzene rings is 2. The lowest BCUT2D eigenvalue weighted by atomic mass is 9.93. The second-order valence-corrected chi connectivity index (χ2v) is 16.3. The fraction of sp³-hybridized carbons (Fsp3) is 0.568. The Balaban J connectivity index is 1.94. The molecule has 17 nitrogen and oxygen atoms in total. The Morgan fingerprint density at radius 2 is 1.51 bits per heavy atom. The molecule has 0 saturated heterocycles. The van der Waals surface area contributed by atoms with Gasteiger partial charge in [-0.3, -0.25) is 24.0 Å². The van der Waals surface area contributed by atoms with E-state index in [2.05, 4.69) is 33.5 Å². The molecular formula is C44H64N6O11. The minimum absolute atomic E-state index is 0.0393. The molecule has 4 bridgehead atoms. The lowest BCUT2D eigenvalue weighted by Gasteiger charge is -2.32. The minimum atomic E-state index is -1.45. The molecule has 4 unspecified atom stereocenters. The molecule has 0 aromatic heterocycles. The Hall–Kier alpha value is -5.87. The van der Waals surface area contributed by atoms with Crippen LogP contribution in [0.15, 0.2) is 36.4 Å². The van der Waals surface area contributed by atoms with Crippen molar-refractivity contribution < 1.29 is 53.2 Å². The summed E-state index contributed by atoms with van der Waals surface area (Å²) in [5.74, 6) is -4.12. The van der Waals surface area contributed by atoms with Crippen LogP contribution in [-0.4, -0.2) is 108 Å². The van der Waals surface area contributed by atoms with Gasteiger partial charge in [0.15, 0.2) is 0 Å². The highest BCUT2D eigenvalue weighted by molar-refractivity contribution is 5.96. The molecule has 0 aliphatic carbocycles. The van der Waals surface area contributed by atoms with Gasteiger partial charge in [0.2, 0.25) is 29.5 Å². The molecule has 2 aromatic rings. The Kier molecular flexibility index (Phi) is 19.3. The van der Waals surface area contributed by atoms with E-state index >= 15 is 0 Å². The lowest BCUT2D eigenvalue weighted by Crippen LogP contribution is -2.55. The Morgan fingerprint density at radius 3 is 2.18 bits per heavy atom. The number of nitrogens with zero attached hydrogens (tertiary/aromatic N) is 1. The number of phenols is 2. The number of phenolic OH excluding ortho intramolecular Hbond substituents is 2. The maximum atomic E-state index is 14.5. The summed E-state index contributed by atoms with van der Waals surface area (Å²) >= 11 is 0. The number of amides is 6. The summed E-state index contributed by atoms with van der Waals surface area (Å²) in [5, 5.41) is 35.4. The maximum absolute atomic E-state index is 14.5. The van der Waals surface area contributed by atoms with Crippen LogP contribution in [0.1, 0.15) is 116 Å². The zero-order valence-electron chi connectivity index (χ0n) is 36.5. The number of rotatable bonds is 18. The number of hydrogen-bond acceptors (Lipinski definition) is 11. The first kappa shape index (κ1) is 49.5. The molecule has 0 saturated carbocycles. The first-order valence-electron chi connectivity index (χ1n) is 21.0. The molecule has 7 N–H and O–H groups in total. The molecule has 17 heteroatoms. The smallest absolute Gasteiger partial charge is 0.407 e. The first-order valence-corrected chi connectivity index (χ1v) is 21.0. The van der Waals surface area contributed by atoms with Gasteiger partial charge in [-0.1, -0.05) is 44.7 Å². The summed E-state index contributed by atoms with van der Waals surface area (Å²) in [6, 6.07) is 3.64. The van der Waals surface area contributed by atoms with Crippen LogP contribution >= 0.6 is 0 Å². The van der Waals surface area contributed by atoms with Gasteiger partial charge < -0.3 is 51.2 Å². The van der Waals surface area contributed by atoms with Gasteiger partial charge in [-0.25, -0.2) is 9.59 Å². The van der Waals surface area contributed by atoms with Crippen LogP contribution in [0.4, 0.5) is 4.79 Å². The quantitative estimate of drug-likeness (QED) is 0.0835. The second kappa shape index (κ2) is 23.8. The largest absolute Gasteiger partial charge is 0.507 e. The monoisotopic (exact) mass is 852 g/mol. The average molecular weight is 853 g/mol. The molecule has 0 spiro atoms. The zero-order valence-corrected chi connectivity index (χ0v) is 36.5. The summed E-state index contributed by atoms with van der Waals surface area (Å²) in [5.41, 5.74) is 0.280. The Bertz CT molecular complexity index is 1860. The van der Waals surface area contributed by atoms with Gasteiger partial charge in [0.25, 0.3) is 0 Å². The molecule has 0 fully saturated rings. The van der Waals surface area contributed by atoms with E-state index in [4.69, 9.17) is 9.47 Å². The third kappa shape index (κ3) is 15.9. The Morgan fingerprint density at radius 1 is 0.836 bits per heavy atom. The van der Waals surface area contributed by atoms with Gasteiger partial charge >= 0.3 is 12.1 Å². The third-order valence-corrected chi connectivity index (χ3v) is 10.1. The number of carbonyl (C=O) groups is 7. The fourth-order valence-corrected chi connectivity index (χ4v) is 6.81. The molecule has 61 heavy (non-hydrogen) atoms.